The lowest BCUT2D eigenvalue weighted by Gasteiger charge is -2.03. The highest BCUT2D eigenvalue weighted by Crippen LogP contribution is 2.08. The molecule has 0 aliphatic carbocycles. The lowest BCUT2D eigenvalue weighted by atomic mass is 10.1. The van der Waals surface area contributed by atoms with Crippen molar-refractivity contribution in [2.24, 2.45) is 0 Å². The van der Waals surface area contributed by atoms with E-state index >= 15 is 0 Å². The average molecular weight is 265 g/mol. The number of hydrogen-bond donors (Lipinski definition) is 1. The van der Waals surface area contributed by atoms with Gasteiger partial charge in [0.15, 0.2) is 0 Å². The number of carbonyl (C=O) groups is 1. The minimum atomic E-state index is -0.0752. The van der Waals surface area contributed by atoms with Gasteiger partial charge in [-0.1, -0.05) is 54.1 Å². The Morgan fingerprint density at radius 2 is 1.75 bits per heavy atom. The highest BCUT2D eigenvalue weighted by Gasteiger charge is 1.97. The maximum absolute atomic E-state index is 11.8. The van der Waals surface area contributed by atoms with Gasteiger partial charge >= 0.3 is 0 Å². The molecular formula is C18H19NO. The van der Waals surface area contributed by atoms with Crippen LogP contribution in [0.25, 0.3) is 6.08 Å². The Labute approximate surface area is 120 Å². The van der Waals surface area contributed by atoms with Gasteiger partial charge in [-0.3, -0.25) is 4.79 Å². The van der Waals surface area contributed by atoms with Gasteiger partial charge in [-0.15, -0.1) is 0 Å². The SMILES string of the molecule is Cc1ccc(CNC(=O)/C=C/c2ccccc2C)cc1. The van der Waals surface area contributed by atoms with Crippen LogP contribution in [0.2, 0.25) is 0 Å². The summed E-state index contributed by atoms with van der Waals surface area (Å²) in [5.74, 6) is -0.0752. The fraction of sp³-hybridized carbons (Fsp3) is 0.167. The number of hydrogen-bond acceptors (Lipinski definition) is 1. The molecule has 0 saturated carbocycles. The molecule has 2 aromatic rings. The van der Waals surface area contributed by atoms with Gasteiger partial charge in [0.25, 0.3) is 0 Å². The summed E-state index contributed by atoms with van der Waals surface area (Å²) in [7, 11) is 0. The lowest BCUT2D eigenvalue weighted by molar-refractivity contribution is -0.116. The first-order chi connectivity index (χ1) is 9.65. The molecule has 20 heavy (non-hydrogen) atoms. The van der Waals surface area contributed by atoms with E-state index in [-0.39, 0.29) is 5.91 Å². The molecule has 1 amide bonds. The molecule has 0 fully saturated rings. The summed E-state index contributed by atoms with van der Waals surface area (Å²) in [6.45, 7) is 4.63. The third kappa shape index (κ3) is 4.09. The molecule has 0 aliphatic rings. The van der Waals surface area contributed by atoms with Crippen LogP contribution in [-0.2, 0) is 11.3 Å². The van der Waals surface area contributed by atoms with Crippen molar-refractivity contribution in [1.82, 2.24) is 5.32 Å². The van der Waals surface area contributed by atoms with E-state index in [4.69, 9.17) is 0 Å². The van der Waals surface area contributed by atoms with Crippen molar-refractivity contribution >= 4 is 12.0 Å². The Kier molecular flexibility index (Phi) is 4.72. The second kappa shape index (κ2) is 6.71. The van der Waals surface area contributed by atoms with Gasteiger partial charge in [-0.25, -0.2) is 0 Å². The van der Waals surface area contributed by atoms with Crippen LogP contribution in [0.5, 0.6) is 0 Å². The standard InChI is InChI=1S/C18H19NO/c1-14-7-9-16(10-8-14)13-19-18(20)12-11-17-6-4-3-5-15(17)2/h3-12H,13H2,1-2H3,(H,19,20)/b12-11+. The van der Waals surface area contributed by atoms with Gasteiger partial charge in [-0.2, -0.15) is 0 Å². The minimum Gasteiger partial charge on any atom is -0.348 e. The van der Waals surface area contributed by atoms with Crippen molar-refractivity contribution in [3.05, 3.63) is 76.9 Å². The molecule has 102 valence electrons. The van der Waals surface area contributed by atoms with E-state index in [9.17, 15) is 4.79 Å². The monoisotopic (exact) mass is 265 g/mol. The van der Waals surface area contributed by atoms with Crippen molar-refractivity contribution in [2.75, 3.05) is 0 Å². The summed E-state index contributed by atoms with van der Waals surface area (Å²) >= 11 is 0. The Bertz CT molecular complexity index is 612. The predicted octanol–water partition coefficient (Wildman–Crippen LogP) is 3.63. The zero-order valence-corrected chi connectivity index (χ0v) is 11.9. The fourth-order valence-corrected chi connectivity index (χ4v) is 1.89. The first-order valence-corrected chi connectivity index (χ1v) is 6.72. The summed E-state index contributed by atoms with van der Waals surface area (Å²) in [5, 5.41) is 2.88. The van der Waals surface area contributed by atoms with Gasteiger partial charge in [-0.05, 0) is 36.6 Å². The van der Waals surface area contributed by atoms with Crippen molar-refractivity contribution in [1.29, 1.82) is 0 Å². The van der Waals surface area contributed by atoms with Gasteiger partial charge in [0, 0.05) is 12.6 Å². The molecule has 0 bridgehead atoms. The van der Waals surface area contributed by atoms with Crippen LogP contribution < -0.4 is 5.32 Å². The third-order valence-electron chi connectivity index (χ3n) is 3.19. The highest BCUT2D eigenvalue weighted by atomic mass is 16.1. The normalized spacial score (nSPS) is 10.7. The zero-order valence-electron chi connectivity index (χ0n) is 11.9. The van der Waals surface area contributed by atoms with Crippen molar-refractivity contribution in [2.45, 2.75) is 20.4 Å². The molecule has 2 heteroatoms. The Morgan fingerprint density at radius 3 is 2.45 bits per heavy atom. The molecule has 2 nitrogen and oxygen atoms in total. The maximum atomic E-state index is 11.8. The van der Waals surface area contributed by atoms with E-state index in [1.807, 2.05) is 68.5 Å². The van der Waals surface area contributed by atoms with Gasteiger partial charge in [0.1, 0.15) is 0 Å². The van der Waals surface area contributed by atoms with Crippen LogP contribution in [0.4, 0.5) is 0 Å². The lowest BCUT2D eigenvalue weighted by Crippen LogP contribution is -2.20. The van der Waals surface area contributed by atoms with Crippen molar-refractivity contribution in [3.63, 3.8) is 0 Å². The molecule has 2 aromatic carbocycles. The third-order valence-corrected chi connectivity index (χ3v) is 3.19. The number of carbonyl (C=O) groups excluding carboxylic acids is 1. The second-order valence-electron chi connectivity index (χ2n) is 4.89. The van der Waals surface area contributed by atoms with Crippen LogP contribution in [-0.4, -0.2) is 5.91 Å². The van der Waals surface area contributed by atoms with Crippen LogP contribution >= 0.6 is 0 Å². The molecular weight excluding hydrogens is 246 g/mol. The van der Waals surface area contributed by atoms with E-state index < -0.39 is 0 Å². The van der Waals surface area contributed by atoms with E-state index in [0.29, 0.717) is 6.54 Å². The van der Waals surface area contributed by atoms with Crippen LogP contribution in [0.1, 0.15) is 22.3 Å². The van der Waals surface area contributed by atoms with E-state index in [0.717, 1.165) is 16.7 Å². The van der Waals surface area contributed by atoms with Gasteiger partial charge in [0.05, 0.1) is 0 Å². The second-order valence-corrected chi connectivity index (χ2v) is 4.89. The number of benzene rings is 2. The van der Waals surface area contributed by atoms with Crippen LogP contribution in [0.3, 0.4) is 0 Å². The number of amides is 1. The van der Waals surface area contributed by atoms with E-state index in [1.165, 1.54) is 5.56 Å². The van der Waals surface area contributed by atoms with Crippen LogP contribution in [0.15, 0.2) is 54.6 Å². The molecule has 0 aromatic heterocycles. The minimum absolute atomic E-state index is 0.0752. The molecule has 0 saturated heterocycles. The van der Waals surface area contributed by atoms with E-state index in [1.54, 1.807) is 6.08 Å². The zero-order chi connectivity index (χ0) is 14.4. The van der Waals surface area contributed by atoms with Crippen molar-refractivity contribution in [3.8, 4) is 0 Å². The summed E-state index contributed by atoms with van der Waals surface area (Å²) in [6.07, 6.45) is 3.43. The topological polar surface area (TPSA) is 29.1 Å². The summed E-state index contributed by atoms with van der Waals surface area (Å²) in [4.78, 5) is 11.8. The van der Waals surface area contributed by atoms with Crippen molar-refractivity contribution < 1.29 is 4.79 Å². The number of aryl methyl sites for hydroxylation is 2. The van der Waals surface area contributed by atoms with Gasteiger partial charge in [0.2, 0.25) is 5.91 Å². The Morgan fingerprint density at radius 1 is 1.05 bits per heavy atom. The van der Waals surface area contributed by atoms with E-state index in [2.05, 4.69) is 5.32 Å². The molecule has 0 atom stereocenters. The number of rotatable bonds is 4. The van der Waals surface area contributed by atoms with Crippen LogP contribution in [0, 0.1) is 13.8 Å². The quantitative estimate of drug-likeness (QED) is 0.840. The Hall–Kier alpha value is -2.35. The highest BCUT2D eigenvalue weighted by molar-refractivity contribution is 5.91. The molecule has 1 N–H and O–H groups in total. The summed E-state index contributed by atoms with van der Waals surface area (Å²) < 4.78 is 0. The number of nitrogens with one attached hydrogen (secondary N) is 1. The molecule has 0 spiro atoms. The molecule has 0 radical (unpaired) electrons. The summed E-state index contributed by atoms with van der Waals surface area (Å²) in [5.41, 5.74) is 4.56. The maximum Gasteiger partial charge on any atom is 0.244 e. The molecule has 0 heterocycles. The average Bonchev–Trinajstić information content (AvgIpc) is 2.46. The first-order valence-electron chi connectivity index (χ1n) is 6.72. The predicted molar refractivity (Wildman–Crippen MR) is 83.2 cm³/mol. The van der Waals surface area contributed by atoms with Gasteiger partial charge < -0.3 is 5.32 Å². The smallest absolute Gasteiger partial charge is 0.244 e. The summed E-state index contributed by atoms with van der Waals surface area (Å²) in [6, 6.07) is 16.1. The molecule has 0 aliphatic heterocycles. The first kappa shape index (κ1) is 14.1. The fourth-order valence-electron chi connectivity index (χ4n) is 1.89. The Balaban J connectivity index is 1.90. The molecule has 0 unspecified atom stereocenters. The largest absolute Gasteiger partial charge is 0.348 e. The molecule has 2 rings (SSSR count).